The lowest BCUT2D eigenvalue weighted by molar-refractivity contribution is -0.160. The molecule has 0 aliphatic rings. The molecule has 0 aliphatic carbocycles. The number of hydrogen-bond donors (Lipinski definition) is 3. The number of benzene rings is 2. The van der Waals surface area contributed by atoms with Crippen molar-refractivity contribution in [1.29, 1.82) is 0 Å². The Morgan fingerprint density at radius 1 is 0.925 bits per heavy atom. The summed E-state index contributed by atoms with van der Waals surface area (Å²) >= 11 is 0. The Bertz CT molecular complexity index is 1220. The van der Waals surface area contributed by atoms with Crippen LogP contribution in [0.1, 0.15) is 30.7 Å². The van der Waals surface area contributed by atoms with Gasteiger partial charge in [-0.2, -0.15) is 0 Å². The molecule has 214 valence electrons. The standard InChI is InChI=1S/C30H36F2N4O4/c1-20(2)26(34)28(38)36(29(39)40-19-23-15-9-10-16-35-23)24(17-21-11-5-3-6-12-21)27(37)30(31,32)25(33)18-22-13-7-4-8-14-22/h3-16,20,24-27,37H,17-19,33-34H2,1-2H3/t24?,25?,26-,27?/m0/s1. The smallest absolute Gasteiger partial charge is 0.417 e. The first-order valence-electron chi connectivity index (χ1n) is 13.1. The van der Waals surface area contributed by atoms with E-state index < -0.39 is 48.1 Å². The molecule has 5 N–H and O–H groups in total. The van der Waals surface area contributed by atoms with Crippen molar-refractivity contribution in [1.82, 2.24) is 9.88 Å². The average molecular weight is 555 g/mol. The number of nitrogens with two attached hydrogens (primary N) is 2. The predicted molar refractivity (Wildman–Crippen MR) is 147 cm³/mol. The number of nitrogens with zero attached hydrogens (tertiary/aromatic N) is 2. The summed E-state index contributed by atoms with van der Waals surface area (Å²) in [5, 5.41) is 11.2. The molecule has 3 unspecified atom stereocenters. The van der Waals surface area contributed by atoms with Gasteiger partial charge in [0.2, 0.25) is 5.91 Å². The first kappa shape index (κ1) is 30.8. The zero-order chi connectivity index (χ0) is 29.3. The maximum Gasteiger partial charge on any atom is 0.417 e. The fraction of sp³-hybridized carbons (Fsp3) is 0.367. The van der Waals surface area contributed by atoms with Crippen molar-refractivity contribution >= 4 is 12.0 Å². The van der Waals surface area contributed by atoms with Crippen LogP contribution in [0.15, 0.2) is 85.1 Å². The van der Waals surface area contributed by atoms with Gasteiger partial charge < -0.3 is 21.3 Å². The first-order valence-corrected chi connectivity index (χ1v) is 13.1. The van der Waals surface area contributed by atoms with Gasteiger partial charge in [-0.25, -0.2) is 18.5 Å². The number of aromatic nitrogens is 1. The van der Waals surface area contributed by atoms with Crippen molar-refractivity contribution in [2.24, 2.45) is 17.4 Å². The molecular weight excluding hydrogens is 518 g/mol. The van der Waals surface area contributed by atoms with Crippen LogP contribution in [-0.4, -0.2) is 57.1 Å². The summed E-state index contributed by atoms with van der Waals surface area (Å²) in [5.74, 6) is -5.29. The van der Waals surface area contributed by atoms with Crippen LogP contribution in [-0.2, 0) is 29.0 Å². The number of amides is 2. The second kappa shape index (κ2) is 14.1. The van der Waals surface area contributed by atoms with Gasteiger partial charge in [0, 0.05) is 6.20 Å². The van der Waals surface area contributed by atoms with E-state index in [2.05, 4.69) is 4.98 Å². The Morgan fingerprint density at radius 2 is 1.48 bits per heavy atom. The lowest BCUT2D eigenvalue weighted by atomic mass is 9.89. The molecule has 1 aromatic heterocycles. The molecule has 1 heterocycles. The third-order valence-corrected chi connectivity index (χ3v) is 6.68. The van der Waals surface area contributed by atoms with Crippen molar-refractivity contribution in [3.63, 3.8) is 0 Å². The molecule has 0 bridgehead atoms. The zero-order valence-electron chi connectivity index (χ0n) is 22.6. The predicted octanol–water partition coefficient (Wildman–Crippen LogP) is 3.71. The molecule has 0 radical (unpaired) electrons. The molecule has 40 heavy (non-hydrogen) atoms. The van der Waals surface area contributed by atoms with E-state index in [1.165, 1.54) is 6.20 Å². The Hall–Kier alpha value is -3.73. The fourth-order valence-electron chi connectivity index (χ4n) is 4.20. The third-order valence-electron chi connectivity index (χ3n) is 6.68. The maximum absolute atomic E-state index is 15.8. The monoisotopic (exact) mass is 554 g/mol. The molecule has 2 aromatic carbocycles. The Balaban J connectivity index is 2.00. The number of aliphatic hydroxyl groups excluding tert-OH is 1. The van der Waals surface area contributed by atoms with Crippen molar-refractivity contribution in [3.05, 3.63) is 102 Å². The van der Waals surface area contributed by atoms with Crippen LogP contribution in [0.4, 0.5) is 13.6 Å². The van der Waals surface area contributed by atoms with Crippen molar-refractivity contribution < 1.29 is 28.2 Å². The maximum atomic E-state index is 15.8. The second-order valence-electron chi connectivity index (χ2n) is 10.0. The zero-order valence-corrected chi connectivity index (χ0v) is 22.6. The molecule has 0 saturated heterocycles. The number of carbonyl (C=O) groups is 2. The minimum atomic E-state index is -3.91. The fourth-order valence-corrected chi connectivity index (χ4v) is 4.20. The lowest BCUT2D eigenvalue weighted by Crippen LogP contribution is -2.63. The SMILES string of the molecule is CC(C)[C@H](N)C(=O)N(C(=O)OCc1ccccn1)C(Cc1ccccc1)C(O)C(F)(F)C(N)Cc1ccccc1. The summed E-state index contributed by atoms with van der Waals surface area (Å²) in [6.07, 6.45) is -2.79. The molecular formula is C30H36F2N4O4. The number of alkyl halides is 2. The molecule has 4 atom stereocenters. The molecule has 2 amide bonds. The van der Waals surface area contributed by atoms with Crippen LogP contribution < -0.4 is 11.5 Å². The van der Waals surface area contributed by atoms with E-state index >= 15 is 8.78 Å². The van der Waals surface area contributed by atoms with Gasteiger partial charge in [0.15, 0.2) is 0 Å². The molecule has 3 rings (SSSR count). The number of hydrogen-bond acceptors (Lipinski definition) is 7. The summed E-state index contributed by atoms with van der Waals surface area (Å²) in [7, 11) is 0. The quantitative estimate of drug-likeness (QED) is 0.311. The van der Waals surface area contributed by atoms with E-state index in [1.807, 2.05) is 0 Å². The van der Waals surface area contributed by atoms with Gasteiger partial charge >= 0.3 is 6.09 Å². The molecule has 0 saturated carbocycles. The molecule has 0 fully saturated rings. The summed E-state index contributed by atoms with van der Waals surface area (Å²) in [6, 6.07) is 17.0. The van der Waals surface area contributed by atoms with Gasteiger partial charge in [-0.1, -0.05) is 80.6 Å². The highest BCUT2D eigenvalue weighted by Gasteiger charge is 2.52. The minimum absolute atomic E-state index is 0.244. The van der Waals surface area contributed by atoms with Crippen LogP contribution in [0.25, 0.3) is 0 Å². The summed E-state index contributed by atoms with van der Waals surface area (Å²) in [6.45, 7) is 3.00. The van der Waals surface area contributed by atoms with Crippen LogP contribution in [0.5, 0.6) is 0 Å². The number of pyridine rings is 1. The minimum Gasteiger partial charge on any atom is -0.443 e. The van der Waals surface area contributed by atoms with Gasteiger partial charge in [-0.05, 0) is 42.0 Å². The summed E-state index contributed by atoms with van der Waals surface area (Å²) in [5.41, 5.74) is 13.5. The van der Waals surface area contributed by atoms with E-state index in [9.17, 15) is 14.7 Å². The van der Waals surface area contributed by atoms with Gasteiger partial charge in [0.1, 0.15) is 12.7 Å². The second-order valence-corrected chi connectivity index (χ2v) is 10.0. The third kappa shape index (κ3) is 7.91. The summed E-state index contributed by atoms with van der Waals surface area (Å²) in [4.78, 5) is 31.6. The average Bonchev–Trinajstić information content (AvgIpc) is 2.96. The van der Waals surface area contributed by atoms with Crippen LogP contribution in [0.2, 0.25) is 0 Å². The number of carbonyl (C=O) groups excluding carboxylic acids is 2. The van der Waals surface area contributed by atoms with Gasteiger partial charge in [0.25, 0.3) is 5.92 Å². The van der Waals surface area contributed by atoms with Gasteiger partial charge in [0.05, 0.1) is 23.8 Å². The van der Waals surface area contributed by atoms with Crippen LogP contribution >= 0.6 is 0 Å². The molecule has 3 aromatic rings. The first-order chi connectivity index (χ1) is 19.0. The Labute approximate surface area is 233 Å². The largest absolute Gasteiger partial charge is 0.443 e. The number of rotatable bonds is 12. The number of aliphatic hydroxyl groups is 1. The number of imide groups is 1. The Kier molecular flexibility index (Phi) is 10.8. The van der Waals surface area contributed by atoms with Gasteiger partial charge in [-0.15, -0.1) is 0 Å². The topological polar surface area (TPSA) is 132 Å². The van der Waals surface area contributed by atoms with Crippen LogP contribution in [0.3, 0.4) is 0 Å². The normalized spacial score (nSPS) is 14.7. The number of halogens is 2. The molecule has 8 nitrogen and oxygen atoms in total. The highest BCUT2D eigenvalue weighted by atomic mass is 19.3. The summed E-state index contributed by atoms with van der Waals surface area (Å²) < 4.78 is 37.0. The van der Waals surface area contributed by atoms with Crippen LogP contribution in [0, 0.1) is 5.92 Å². The van der Waals surface area contributed by atoms with E-state index in [-0.39, 0.29) is 19.4 Å². The van der Waals surface area contributed by atoms with E-state index in [4.69, 9.17) is 16.2 Å². The van der Waals surface area contributed by atoms with Crippen molar-refractivity contribution in [3.8, 4) is 0 Å². The molecule has 0 aliphatic heterocycles. The van der Waals surface area contributed by atoms with Crippen molar-refractivity contribution in [2.75, 3.05) is 0 Å². The molecule has 0 spiro atoms. The van der Waals surface area contributed by atoms with Crippen molar-refractivity contribution in [2.45, 2.75) is 63.4 Å². The molecule has 10 heteroatoms. The Morgan fingerprint density at radius 3 is 2.00 bits per heavy atom. The highest BCUT2D eigenvalue weighted by molar-refractivity contribution is 5.95. The number of ether oxygens (including phenoxy) is 1. The lowest BCUT2D eigenvalue weighted by Gasteiger charge is -2.39. The van der Waals surface area contributed by atoms with E-state index in [0.29, 0.717) is 21.7 Å². The van der Waals surface area contributed by atoms with E-state index in [0.717, 1.165) is 0 Å². The van der Waals surface area contributed by atoms with Gasteiger partial charge in [-0.3, -0.25) is 9.78 Å². The van der Waals surface area contributed by atoms with E-state index in [1.54, 1.807) is 92.7 Å². The highest BCUT2D eigenvalue weighted by Crippen LogP contribution is 2.31.